The van der Waals surface area contributed by atoms with Gasteiger partial charge in [0.25, 0.3) is 11.6 Å². The lowest BCUT2D eigenvalue weighted by atomic mass is 9.99. The smallest absolute Gasteiger partial charge is 0.569 e. The Morgan fingerprint density at radius 1 is 0.444 bits per heavy atom. The third kappa shape index (κ3) is 36.6. The number of nitrogens with two attached hydrogens (primary N) is 1. The average molecular weight is 1900 g/mol. The highest BCUT2D eigenvalue weighted by atomic mass is 36.0. The molecule has 685 valence electrons. The Morgan fingerprint density at radius 3 is 1.26 bits per heavy atom. The van der Waals surface area contributed by atoms with E-state index in [9.17, 15) is 32.9 Å². The first-order valence-electron chi connectivity index (χ1n) is 38.2. The van der Waals surface area contributed by atoms with Gasteiger partial charge in [-0.2, -0.15) is 30.5 Å². The van der Waals surface area contributed by atoms with E-state index in [0.29, 0.717) is 51.3 Å². The maximum absolute atomic E-state index is 13.1. The lowest BCUT2D eigenvalue weighted by Crippen LogP contribution is -2.31. The fraction of sp³-hybridized carbons (Fsp3) is 0.163. The van der Waals surface area contributed by atoms with Crippen molar-refractivity contribution in [1.82, 2.24) is 24.9 Å². The van der Waals surface area contributed by atoms with Crippen LogP contribution in [0.3, 0.4) is 0 Å². The van der Waals surface area contributed by atoms with Crippen LogP contribution in [0.5, 0.6) is 5.75 Å². The molecule has 1 radical (unpaired) electrons. The largest absolute Gasteiger partial charge is 0.618 e. The molecule has 0 aliphatic carbocycles. The van der Waals surface area contributed by atoms with Crippen LogP contribution in [0.15, 0.2) is 279 Å². The van der Waals surface area contributed by atoms with Gasteiger partial charge in [0.15, 0.2) is 20.3 Å². The Balaban J connectivity index is 0.000000749. The van der Waals surface area contributed by atoms with Crippen LogP contribution < -0.4 is 19.8 Å². The standard InChI is InChI=1S/C17H13FN2O.C17H11FN2.C11H7ClN2.C11H8N2O.C11H8N2.C10H9NO.C10H9N.C6H5BFO2.C4H9NSi.7CH4.Cl3OP/c1-10-2-7-13-14(11-3-5-12(18)6-4-11)9-16(17(19)21)20-15(13)8-10;1-11-2-7-15-16(12-3-5-13(18)6-4-12)9-14(10-19)20-17(15)8-11;1-7-2-3-9-10(12)5-8(6-13)14-11(9)4-7;1-8-2-3-9-4-5-10(7-12)13(14)11(9)6-8;1-8-2-3-9-4-5-10(7-12)13-11(9)6-8;1-8-4-5-9-3-2-6-11(12)10(9)7-8;1-8-4-5-9-3-2-6-11-10(9)7-8;8-5-1-3-6(4-2-5)10-7-9;1-6(2,3)4-5;;;;;;;;1-5(2,3)4/h2-9H,1H3,(H2,19,21);2-9H,1H3;2-5H,1H3;2-6H,1H3;2-6H,1H3;2-7H,1H3;2-7H,1H3;1-4,9H;1-3H3;7*1H4;. The highest BCUT2D eigenvalue weighted by Crippen LogP contribution is 2.61. The molecule has 29 heteroatoms. The Kier molecular flexibility index (Phi) is 49.0. The molecule has 0 aliphatic heterocycles. The second-order valence-electron chi connectivity index (χ2n) is 29.0. The van der Waals surface area contributed by atoms with Crippen LogP contribution in [-0.2, 0) is 4.57 Å². The fourth-order valence-electron chi connectivity index (χ4n) is 11.7. The molecule has 0 bridgehead atoms. The number of fused-ring (bicyclic) bond motifs is 7. The fourth-order valence-corrected chi connectivity index (χ4v) is 12.0. The number of carbonyl (C=O) groups is 1. The van der Waals surface area contributed by atoms with Gasteiger partial charge in [0, 0.05) is 73.9 Å². The number of benzene rings is 10. The van der Waals surface area contributed by atoms with E-state index in [1.165, 1.54) is 71.7 Å². The molecule has 0 unspecified atom stereocenters. The summed E-state index contributed by atoms with van der Waals surface area (Å²) in [5, 5.41) is 78.6. The number of amides is 1. The van der Waals surface area contributed by atoms with E-state index in [1.54, 1.807) is 66.7 Å². The summed E-state index contributed by atoms with van der Waals surface area (Å²) in [7, 11) is -0.777. The van der Waals surface area contributed by atoms with Crippen LogP contribution in [0.25, 0.3) is 98.6 Å². The summed E-state index contributed by atoms with van der Waals surface area (Å²) < 4.78 is 53.9. The zero-order valence-electron chi connectivity index (χ0n) is 69.7. The summed E-state index contributed by atoms with van der Waals surface area (Å²) in [6, 6.07) is 86.6. The van der Waals surface area contributed by atoms with Crippen molar-refractivity contribution in [3.63, 3.8) is 0 Å². The normalized spacial score (nSPS) is 9.72. The molecule has 0 saturated heterocycles. The minimum absolute atomic E-state index is 0. The average Bonchev–Trinajstić information content (AvgIpc) is 0.791. The van der Waals surface area contributed by atoms with Crippen LogP contribution in [0.4, 0.5) is 13.2 Å². The predicted molar refractivity (Wildman–Crippen MR) is 547 cm³/mol. The molecule has 3 N–H and O–H groups in total. The van der Waals surface area contributed by atoms with Crippen LogP contribution in [0.2, 0.25) is 24.7 Å². The first-order chi connectivity index (χ1) is 59.9. The van der Waals surface area contributed by atoms with Crippen LogP contribution >= 0.6 is 50.5 Å². The number of rotatable bonds is 5. The van der Waals surface area contributed by atoms with E-state index in [4.69, 9.17) is 48.7 Å². The SMILES string of the molecule is C.C.C.C.C.C.C.C[Si](C)(C)C#N.Cc1ccc2c(-c3ccc(F)cc3)cc(C#N)nc2c1.Cc1ccc2c(-c3ccc(F)cc3)cc(C(N)=O)nc2c1.Cc1ccc2c(Cl)cc(C#N)nc2c1.Cc1ccc2ccc(C#N)[n+]([O-])c2c1.Cc1ccc2ccc(C#N)nc2c1.Cc1ccc2ccc[n+]([O-])c2c1.Cc1ccc2cccnc2c1.O=P(Cl)(Cl)Cl.O[B]Oc1ccc(F)cc1. The third-order valence-electron chi connectivity index (χ3n) is 17.8. The Morgan fingerprint density at radius 2 is 0.805 bits per heavy atom. The van der Waals surface area contributed by atoms with Gasteiger partial charge < -0.3 is 25.8 Å². The number of halogens is 7. The number of nitrogens with zero attached hydrogens (tertiary/aromatic N) is 12. The third-order valence-corrected chi connectivity index (χ3v) is 18.8. The number of hydrogen-bond acceptors (Lipinski definition) is 16. The van der Waals surface area contributed by atoms with E-state index >= 15 is 0 Å². The van der Waals surface area contributed by atoms with Gasteiger partial charge in [-0.3, -0.25) is 14.3 Å². The zero-order chi connectivity index (χ0) is 92.0. The topological polar surface area (TPSA) is 327 Å². The van der Waals surface area contributed by atoms with Gasteiger partial charge in [-0.25, -0.2) is 38.4 Å². The van der Waals surface area contributed by atoms with Gasteiger partial charge in [0.2, 0.25) is 11.0 Å². The molecule has 0 fully saturated rings. The number of aromatic nitrogens is 7. The number of hydrogen-bond donors (Lipinski definition) is 2. The molecule has 10 aromatic carbocycles. The van der Waals surface area contributed by atoms with E-state index < -0.39 is 19.2 Å². The number of primary amides is 1. The second-order valence-corrected chi connectivity index (χ2v) is 40.8. The van der Waals surface area contributed by atoms with Crippen molar-refractivity contribution in [3.8, 4) is 58.0 Å². The summed E-state index contributed by atoms with van der Waals surface area (Å²) in [5.41, 5.74) is 25.8. The second kappa shape index (κ2) is 55.7. The van der Waals surface area contributed by atoms with E-state index in [2.05, 4.69) is 106 Å². The van der Waals surface area contributed by atoms with Crippen molar-refractivity contribution in [1.29, 1.82) is 26.3 Å². The lowest BCUT2D eigenvalue weighted by molar-refractivity contribution is -0.580. The summed E-state index contributed by atoms with van der Waals surface area (Å²) in [6.45, 7) is 20.0. The molecule has 17 rings (SSSR count). The van der Waals surface area contributed by atoms with Crippen molar-refractivity contribution >= 4 is 149 Å². The van der Waals surface area contributed by atoms with Gasteiger partial charge in [0.05, 0.1) is 32.6 Å². The molecule has 0 saturated carbocycles. The van der Waals surface area contributed by atoms with Crippen molar-refractivity contribution < 1.29 is 41.7 Å². The molecule has 0 atom stereocenters. The number of pyridine rings is 7. The molecule has 7 aromatic heterocycles. The van der Waals surface area contributed by atoms with E-state index in [-0.39, 0.29) is 80.8 Å². The molecular weight excluding hydrogens is 1800 g/mol. The van der Waals surface area contributed by atoms with Crippen LogP contribution in [-0.4, -0.2) is 51.6 Å². The Hall–Kier alpha value is -14.2. The maximum Gasteiger partial charge on any atom is 0.569 e. The summed E-state index contributed by atoms with van der Waals surface area (Å²) in [4.78, 5) is 32.7. The molecule has 0 aliphatic rings. The molecule has 0 spiro atoms. The van der Waals surface area contributed by atoms with Gasteiger partial charge >= 0.3 is 12.9 Å². The van der Waals surface area contributed by atoms with Gasteiger partial charge in [-0.05, 0) is 283 Å². The minimum Gasteiger partial charge on any atom is -0.618 e. The number of aryl methyl sites for hydroxylation is 7. The van der Waals surface area contributed by atoms with Crippen molar-refractivity contribution in [2.75, 3.05) is 0 Å². The predicted octanol–water partition coefficient (Wildman–Crippen LogP) is 28.5. The van der Waals surface area contributed by atoms with Crippen molar-refractivity contribution in [2.24, 2.45) is 5.73 Å². The van der Waals surface area contributed by atoms with Crippen LogP contribution in [0.1, 0.15) is 124 Å². The molecule has 17 aromatic rings. The van der Waals surface area contributed by atoms with Crippen molar-refractivity contribution in [2.45, 2.75) is 120 Å². The van der Waals surface area contributed by atoms with Gasteiger partial charge in [0.1, 0.15) is 64.2 Å². The molecule has 19 nitrogen and oxygen atoms in total. The highest BCUT2D eigenvalue weighted by Gasteiger charge is 2.15. The minimum atomic E-state index is -3.22. The summed E-state index contributed by atoms with van der Waals surface area (Å²) in [5.74, 6) is -1.08. The van der Waals surface area contributed by atoms with E-state index in [1.807, 2.05) is 207 Å². The molecule has 7 heterocycles. The first-order valence-corrected chi connectivity index (χ1v) is 46.5. The summed E-state index contributed by atoms with van der Waals surface area (Å²) >= 11 is 19.9. The van der Waals surface area contributed by atoms with E-state index in [0.717, 1.165) is 120 Å². The van der Waals surface area contributed by atoms with Crippen molar-refractivity contribution in [3.05, 3.63) is 380 Å². The molecular formula is C104H107BCl4F3N13O6PSi. The lowest BCUT2D eigenvalue weighted by Gasteiger charge is -2.09. The quantitative estimate of drug-likeness (QED) is 0.0700. The highest BCUT2D eigenvalue weighted by molar-refractivity contribution is 8.24. The Bertz CT molecular complexity index is 7050. The van der Waals surface area contributed by atoms with Gasteiger partial charge in [-0.15, -0.1) is 0 Å². The van der Waals surface area contributed by atoms with Crippen LogP contribution in [0, 0.1) is 133 Å². The monoisotopic (exact) mass is 1900 g/mol. The maximum atomic E-state index is 13.1. The summed E-state index contributed by atoms with van der Waals surface area (Å²) in [6.07, 6.45) is 3.34. The number of carbonyl (C=O) groups excluding carboxylic acids is 1. The van der Waals surface area contributed by atoms with Gasteiger partial charge in [-0.1, -0.05) is 186 Å². The zero-order valence-corrected chi connectivity index (χ0v) is 74.6. The number of nitriles is 5. The molecule has 133 heavy (non-hydrogen) atoms. The Labute approximate surface area is 799 Å². The molecule has 1 amide bonds. The first kappa shape index (κ1) is 117.